The Labute approximate surface area is 148 Å². The molecule has 4 aliphatic carbocycles. The van der Waals surface area contributed by atoms with E-state index >= 15 is 0 Å². The van der Waals surface area contributed by atoms with Gasteiger partial charge in [-0.1, -0.05) is 57.1 Å². The molecule has 0 nitrogen and oxygen atoms in total. The fourth-order valence-corrected chi connectivity index (χ4v) is 6.04. The molecular weight excluding hydrogens is 288 g/mol. The van der Waals surface area contributed by atoms with Crippen molar-refractivity contribution in [1.82, 2.24) is 0 Å². The highest BCUT2D eigenvalue weighted by Crippen LogP contribution is 2.53. The predicted molar refractivity (Wildman–Crippen MR) is 104 cm³/mol. The average molecular weight is 323 g/mol. The number of rotatable bonds is 3. The van der Waals surface area contributed by atoms with Gasteiger partial charge in [0.15, 0.2) is 0 Å². The van der Waals surface area contributed by atoms with E-state index in [9.17, 15) is 0 Å². The summed E-state index contributed by atoms with van der Waals surface area (Å²) in [5.74, 6) is 4.29. The second-order valence-electron chi connectivity index (χ2n) is 9.15. The topological polar surface area (TPSA) is 0 Å². The molecule has 0 aromatic carbocycles. The van der Waals surface area contributed by atoms with Crippen LogP contribution in [0.5, 0.6) is 0 Å². The molecule has 4 atom stereocenters. The fraction of sp³-hybridized carbons (Fsp3) is 0.667. The minimum absolute atomic E-state index is 0.751. The summed E-state index contributed by atoms with van der Waals surface area (Å²) in [5.41, 5.74) is 6.93. The summed E-state index contributed by atoms with van der Waals surface area (Å²) in [5, 5.41) is 0. The van der Waals surface area contributed by atoms with Crippen LogP contribution in [-0.2, 0) is 0 Å². The third-order valence-electron chi connectivity index (χ3n) is 7.24. The Morgan fingerprint density at radius 2 is 1.92 bits per heavy atom. The molecule has 0 aliphatic heterocycles. The SMILES string of the molecule is CC(C)[C@@H]1CC[C@@H](C)C[C@@H]1C1C(C2=CC=CC2)=CC2=C1CCCC2. The molecule has 0 aromatic rings. The zero-order valence-electron chi connectivity index (χ0n) is 15.9. The average Bonchev–Trinajstić information content (AvgIpc) is 3.21. The minimum atomic E-state index is 0.751. The third-order valence-corrected chi connectivity index (χ3v) is 7.24. The maximum Gasteiger partial charge on any atom is 0.00880 e. The van der Waals surface area contributed by atoms with Crippen molar-refractivity contribution in [3.8, 4) is 0 Å². The van der Waals surface area contributed by atoms with Crippen LogP contribution in [0.25, 0.3) is 0 Å². The van der Waals surface area contributed by atoms with Crippen LogP contribution in [0.2, 0.25) is 0 Å². The highest BCUT2D eigenvalue weighted by molar-refractivity contribution is 5.54. The molecule has 0 bridgehead atoms. The monoisotopic (exact) mass is 322 g/mol. The largest absolute Gasteiger partial charge is 0.0801 e. The van der Waals surface area contributed by atoms with Gasteiger partial charge < -0.3 is 0 Å². The van der Waals surface area contributed by atoms with Crippen molar-refractivity contribution in [3.05, 3.63) is 46.6 Å². The van der Waals surface area contributed by atoms with Gasteiger partial charge in [-0.15, -0.1) is 0 Å². The van der Waals surface area contributed by atoms with Crippen molar-refractivity contribution in [1.29, 1.82) is 0 Å². The molecule has 1 fully saturated rings. The number of hydrogen-bond acceptors (Lipinski definition) is 0. The van der Waals surface area contributed by atoms with E-state index in [1.54, 1.807) is 16.7 Å². The van der Waals surface area contributed by atoms with Gasteiger partial charge in [0.2, 0.25) is 0 Å². The predicted octanol–water partition coefficient (Wildman–Crippen LogP) is 7.01. The van der Waals surface area contributed by atoms with E-state index in [4.69, 9.17) is 0 Å². The Hall–Kier alpha value is -1.04. The molecule has 0 spiro atoms. The Kier molecular flexibility index (Phi) is 4.58. The maximum atomic E-state index is 2.63. The highest BCUT2D eigenvalue weighted by atomic mass is 14.5. The summed E-state index contributed by atoms with van der Waals surface area (Å²) >= 11 is 0. The van der Waals surface area contributed by atoms with Gasteiger partial charge in [0.05, 0.1) is 0 Å². The summed E-state index contributed by atoms with van der Waals surface area (Å²) < 4.78 is 0. The van der Waals surface area contributed by atoms with Crippen LogP contribution < -0.4 is 0 Å². The van der Waals surface area contributed by atoms with Crippen LogP contribution in [0.1, 0.15) is 72.1 Å². The molecule has 0 radical (unpaired) electrons. The van der Waals surface area contributed by atoms with Crippen LogP contribution in [0, 0.1) is 29.6 Å². The molecule has 0 heteroatoms. The van der Waals surface area contributed by atoms with E-state index in [0.29, 0.717) is 0 Å². The van der Waals surface area contributed by atoms with Crippen molar-refractivity contribution < 1.29 is 0 Å². The summed E-state index contributed by atoms with van der Waals surface area (Å²) in [4.78, 5) is 0. The Morgan fingerprint density at radius 1 is 1.08 bits per heavy atom. The zero-order valence-corrected chi connectivity index (χ0v) is 15.9. The van der Waals surface area contributed by atoms with Crippen LogP contribution in [0.3, 0.4) is 0 Å². The summed E-state index contributed by atoms with van der Waals surface area (Å²) in [6.07, 6.45) is 20.7. The van der Waals surface area contributed by atoms with Crippen molar-refractivity contribution in [2.24, 2.45) is 29.6 Å². The highest BCUT2D eigenvalue weighted by Gasteiger charge is 2.42. The summed E-state index contributed by atoms with van der Waals surface area (Å²) in [6, 6.07) is 0. The Morgan fingerprint density at radius 3 is 2.67 bits per heavy atom. The molecular formula is C24H34. The van der Waals surface area contributed by atoms with Gasteiger partial charge in [0.25, 0.3) is 0 Å². The van der Waals surface area contributed by atoms with Crippen LogP contribution in [0.4, 0.5) is 0 Å². The van der Waals surface area contributed by atoms with E-state index in [1.807, 2.05) is 5.57 Å². The van der Waals surface area contributed by atoms with E-state index in [2.05, 4.69) is 45.1 Å². The normalized spacial score (nSPS) is 36.2. The lowest BCUT2D eigenvalue weighted by Crippen LogP contribution is -2.34. The molecule has 1 saturated carbocycles. The van der Waals surface area contributed by atoms with Crippen molar-refractivity contribution in [2.45, 2.75) is 72.1 Å². The van der Waals surface area contributed by atoms with Crippen LogP contribution >= 0.6 is 0 Å². The lowest BCUT2D eigenvalue weighted by atomic mass is 9.62. The first-order valence-corrected chi connectivity index (χ1v) is 10.4. The molecule has 0 saturated heterocycles. The smallest absolute Gasteiger partial charge is 0.00880 e. The van der Waals surface area contributed by atoms with E-state index in [-0.39, 0.29) is 0 Å². The van der Waals surface area contributed by atoms with Crippen LogP contribution in [0.15, 0.2) is 46.6 Å². The molecule has 24 heavy (non-hydrogen) atoms. The first-order valence-electron chi connectivity index (χ1n) is 10.4. The van der Waals surface area contributed by atoms with Gasteiger partial charge in [-0.3, -0.25) is 0 Å². The fourth-order valence-electron chi connectivity index (χ4n) is 6.04. The first kappa shape index (κ1) is 16.4. The molecule has 0 heterocycles. The van der Waals surface area contributed by atoms with E-state index in [0.717, 1.165) is 36.0 Å². The van der Waals surface area contributed by atoms with Crippen molar-refractivity contribution in [3.63, 3.8) is 0 Å². The molecule has 130 valence electrons. The maximum absolute atomic E-state index is 2.63. The molecule has 1 unspecified atom stereocenters. The molecule has 0 amide bonds. The van der Waals surface area contributed by atoms with Gasteiger partial charge >= 0.3 is 0 Å². The Bertz CT molecular complexity index is 610. The summed E-state index contributed by atoms with van der Waals surface area (Å²) in [6.45, 7) is 7.44. The standard InChI is InChI=1S/C24H34/c1-16(2)20-13-12-17(3)14-23(20)24-21-11-7-6-10-19(21)15-22(24)18-8-4-5-9-18/h4-5,8,15-17,20,23-24H,6-7,9-14H2,1-3H3/t17-,20+,23+,24?/m1/s1. The van der Waals surface area contributed by atoms with Crippen LogP contribution in [-0.4, -0.2) is 0 Å². The second kappa shape index (κ2) is 6.70. The Balaban J connectivity index is 1.71. The van der Waals surface area contributed by atoms with Gasteiger partial charge in [-0.25, -0.2) is 0 Å². The first-order chi connectivity index (χ1) is 11.6. The lowest BCUT2D eigenvalue weighted by molar-refractivity contribution is 0.117. The van der Waals surface area contributed by atoms with Gasteiger partial charge in [-0.2, -0.15) is 0 Å². The quantitative estimate of drug-likeness (QED) is 0.524. The lowest BCUT2D eigenvalue weighted by Gasteiger charge is -2.43. The van der Waals surface area contributed by atoms with Gasteiger partial charge in [0.1, 0.15) is 0 Å². The van der Waals surface area contributed by atoms with Gasteiger partial charge in [0, 0.05) is 5.92 Å². The van der Waals surface area contributed by atoms with E-state index in [1.165, 1.54) is 44.9 Å². The second-order valence-corrected chi connectivity index (χ2v) is 9.15. The van der Waals surface area contributed by atoms with E-state index < -0.39 is 0 Å². The third kappa shape index (κ3) is 2.87. The minimum Gasteiger partial charge on any atom is -0.0801 e. The molecule has 0 N–H and O–H groups in total. The molecule has 0 aromatic heterocycles. The molecule has 4 rings (SSSR count). The summed E-state index contributed by atoms with van der Waals surface area (Å²) in [7, 11) is 0. The van der Waals surface area contributed by atoms with Crippen molar-refractivity contribution >= 4 is 0 Å². The molecule has 4 aliphatic rings. The van der Waals surface area contributed by atoms with Gasteiger partial charge in [-0.05, 0) is 85.3 Å². The zero-order chi connectivity index (χ0) is 16.7. The van der Waals surface area contributed by atoms with Crippen molar-refractivity contribution in [2.75, 3.05) is 0 Å². The number of allylic oxidation sites excluding steroid dienone is 8. The number of hydrogen-bond donors (Lipinski definition) is 0.